The molecule has 1 saturated heterocycles. The van der Waals surface area contributed by atoms with E-state index < -0.39 is 0 Å². The van der Waals surface area contributed by atoms with E-state index in [0.717, 1.165) is 24.6 Å². The van der Waals surface area contributed by atoms with E-state index in [-0.39, 0.29) is 11.7 Å². The van der Waals surface area contributed by atoms with Crippen molar-refractivity contribution in [3.63, 3.8) is 0 Å². The molecule has 4 nitrogen and oxygen atoms in total. The number of anilines is 1. The van der Waals surface area contributed by atoms with Crippen LogP contribution in [0.2, 0.25) is 0 Å². The molecule has 1 fully saturated rings. The van der Waals surface area contributed by atoms with Gasteiger partial charge in [-0.3, -0.25) is 4.40 Å². The van der Waals surface area contributed by atoms with E-state index in [9.17, 15) is 4.39 Å². The Morgan fingerprint density at radius 2 is 2.15 bits per heavy atom. The molecule has 3 heterocycles. The van der Waals surface area contributed by atoms with Gasteiger partial charge in [-0.25, -0.2) is 9.37 Å². The molecule has 0 radical (unpaired) electrons. The molecule has 0 spiro atoms. The number of hydrogen-bond donors (Lipinski definition) is 0. The summed E-state index contributed by atoms with van der Waals surface area (Å²) in [5.74, 6) is 1.69. The second-order valence-electron chi connectivity index (χ2n) is 5.29. The van der Waals surface area contributed by atoms with E-state index in [2.05, 4.69) is 14.9 Å². The van der Waals surface area contributed by atoms with Gasteiger partial charge in [0.1, 0.15) is 11.6 Å². The Morgan fingerprint density at radius 1 is 1.25 bits per heavy atom. The van der Waals surface area contributed by atoms with Gasteiger partial charge in [-0.05, 0) is 31.1 Å². The fraction of sp³-hybridized carbons (Fsp3) is 0.333. The number of rotatable bonds is 2. The Balaban J connectivity index is 1.66. The summed E-state index contributed by atoms with van der Waals surface area (Å²) < 4.78 is 14.9. The minimum absolute atomic E-state index is 0.142. The maximum Gasteiger partial charge on any atom is 0.235 e. The molecule has 4 rings (SSSR count). The molecular weight excluding hydrogens is 255 g/mol. The lowest BCUT2D eigenvalue weighted by atomic mass is 9.98. The average molecular weight is 270 g/mol. The summed E-state index contributed by atoms with van der Waals surface area (Å²) >= 11 is 0. The highest BCUT2D eigenvalue weighted by atomic mass is 19.1. The van der Waals surface area contributed by atoms with Gasteiger partial charge in [0.15, 0.2) is 0 Å². The molecule has 1 aliphatic carbocycles. The number of aromatic nitrogens is 3. The van der Waals surface area contributed by atoms with Crippen LogP contribution in [0.4, 0.5) is 10.2 Å². The molecule has 0 aromatic carbocycles. The van der Waals surface area contributed by atoms with Crippen molar-refractivity contribution in [2.24, 2.45) is 0 Å². The van der Waals surface area contributed by atoms with Gasteiger partial charge in [-0.2, -0.15) is 4.98 Å². The van der Waals surface area contributed by atoms with E-state index in [4.69, 9.17) is 0 Å². The van der Waals surface area contributed by atoms with Crippen LogP contribution in [0.5, 0.6) is 0 Å². The molecule has 20 heavy (non-hydrogen) atoms. The van der Waals surface area contributed by atoms with E-state index in [1.54, 1.807) is 6.08 Å². The molecule has 2 aromatic heterocycles. The second-order valence-corrected chi connectivity index (χ2v) is 5.29. The summed E-state index contributed by atoms with van der Waals surface area (Å²) in [4.78, 5) is 11.4. The molecule has 0 amide bonds. The SMILES string of the molecule is FC1=CCC(c2cn3ccc(N4CCC4)nc3n2)C=C1. The van der Waals surface area contributed by atoms with Gasteiger partial charge in [0.25, 0.3) is 0 Å². The summed E-state index contributed by atoms with van der Waals surface area (Å²) in [5, 5.41) is 0. The lowest BCUT2D eigenvalue weighted by Crippen LogP contribution is -2.37. The standard InChI is InChI=1S/C15H15FN4/c16-12-4-2-11(3-5-12)13-10-20-9-6-14(18-15(20)17-13)19-7-1-8-19/h2,4-6,9-11H,1,3,7-8H2. The van der Waals surface area contributed by atoms with Gasteiger partial charge >= 0.3 is 0 Å². The van der Waals surface area contributed by atoms with Crippen molar-refractivity contribution in [2.45, 2.75) is 18.8 Å². The third kappa shape index (κ3) is 1.90. The van der Waals surface area contributed by atoms with Gasteiger partial charge < -0.3 is 4.90 Å². The van der Waals surface area contributed by atoms with Crippen molar-refractivity contribution in [3.8, 4) is 0 Å². The van der Waals surface area contributed by atoms with Gasteiger partial charge in [-0.1, -0.05) is 6.08 Å². The Morgan fingerprint density at radius 3 is 2.85 bits per heavy atom. The Hall–Kier alpha value is -2.17. The summed E-state index contributed by atoms with van der Waals surface area (Å²) in [7, 11) is 0. The van der Waals surface area contributed by atoms with Crippen molar-refractivity contribution in [1.82, 2.24) is 14.4 Å². The first kappa shape index (κ1) is 11.6. The van der Waals surface area contributed by atoms with Crippen LogP contribution in [-0.4, -0.2) is 27.5 Å². The summed E-state index contributed by atoms with van der Waals surface area (Å²) in [6.07, 6.45) is 10.9. The lowest BCUT2D eigenvalue weighted by molar-refractivity contribution is 0.609. The second kappa shape index (κ2) is 4.44. The van der Waals surface area contributed by atoms with Crippen LogP contribution in [0.15, 0.2) is 42.5 Å². The predicted molar refractivity (Wildman–Crippen MR) is 75.5 cm³/mol. The Bertz CT molecular complexity index is 712. The lowest BCUT2D eigenvalue weighted by Gasteiger charge is -2.31. The van der Waals surface area contributed by atoms with Crippen molar-refractivity contribution < 1.29 is 4.39 Å². The molecule has 5 heteroatoms. The third-order valence-electron chi connectivity index (χ3n) is 3.94. The zero-order valence-electron chi connectivity index (χ0n) is 11.0. The third-order valence-corrected chi connectivity index (χ3v) is 3.94. The minimum atomic E-state index is -0.164. The molecule has 1 aliphatic heterocycles. The van der Waals surface area contributed by atoms with E-state index in [1.807, 2.05) is 28.9 Å². The van der Waals surface area contributed by atoms with Crippen LogP contribution < -0.4 is 4.90 Å². The normalized spacial score (nSPS) is 21.9. The number of imidazole rings is 1. The number of fused-ring (bicyclic) bond motifs is 1. The average Bonchev–Trinajstić information content (AvgIpc) is 2.80. The van der Waals surface area contributed by atoms with Crippen LogP contribution in [-0.2, 0) is 0 Å². The Labute approximate surface area is 116 Å². The van der Waals surface area contributed by atoms with E-state index in [0.29, 0.717) is 12.2 Å². The number of allylic oxidation sites excluding steroid dienone is 4. The number of nitrogens with zero attached hydrogens (tertiary/aromatic N) is 4. The first-order chi connectivity index (χ1) is 9.79. The van der Waals surface area contributed by atoms with Crippen molar-refractivity contribution in [3.05, 3.63) is 48.2 Å². The molecule has 1 unspecified atom stereocenters. The topological polar surface area (TPSA) is 33.4 Å². The van der Waals surface area contributed by atoms with Crippen LogP contribution in [0.3, 0.4) is 0 Å². The van der Waals surface area contributed by atoms with Crippen molar-refractivity contribution in [1.29, 1.82) is 0 Å². The summed E-state index contributed by atoms with van der Waals surface area (Å²) in [6, 6.07) is 2.02. The molecule has 102 valence electrons. The minimum Gasteiger partial charge on any atom is -0.356 e. The van der Waals surface area contributed by atoms with Gasteiger partial charge in [0.05, 0.1) is 5.69 Å². The quantitative estimate of drug-likeness (QED) is 0.841. The summed E-state index contributed by atoms with van der Waals surface area (Å²) in [5.41, 5.74) is 0.943. The Kier molecular flexibility index (Phi) is 2.58. The smallest absolute Gasteiger partial charge is 0.235 e. The molecule has 1 atom stereocenters. The van der Waals surface area contributed by atoms with Gasteiger partial charge in [0, 0.05) is 31.4 Å². The molecular formula is C15H15FN4. The van der Waals surface area contributed by atoms with Crippen LogP contribution in [0.1, 0.15) is 24.5 Å². The highest BCUT2D eigenvalue weighted by molar-refractivity contribution is 5.47. The number of hydrogen-bond acceptors (Lipinski definition) is 3. The largest absolute Gasteiger partial charge is 0.356 e. The molecule has 2 aliphatic rings. The highest BCUT2D eigenvalue weighted by Crippen LogP contribution is 2.27. The van der Waals surface area contributed by atoms with Crippen molar-refractivity contribution in [2.75, 3.05) is 18.0 Å². The molecule has 0 bridgehead atoms. The van der Waals surface area contributed by atoms with E-state index >= 15 is 0 Å². The highest BCUT2D eigenvalue weighted by Gasteiger charge is 2.18. The predicted octanol–water partition coefficient (Wildman–Crippen LogP) is 2.84. The first-order valence-electron chi connectivity index (χ1n) is 6.94. The van der Waals surface area contributed by atoms with Gasteiger partial charge in [0.2, 0.25) is 5.78 Å². The van der Waals surface area contributed by atoms with Crippen LogP contribution in [0.25, 0.3) is 5.78 Å². The maximum atomic E-state index is 13.0. The zero-order chi connectivity index (χ0) is 13.5. The first-order valence-corrected chi connectivity index (χ1v) is 6.94. The monoisotopic (exact) mass is 270 g/mol. The molecule has 0 saturated carbocycles. The number of halogens is 1. The van der Waals surface area contributed by atoms with E-state index in [1.165, 1.54) is 12.5 Å². The zero-order valence-corrected chi connectivity index (χ0v) is 11.0. The summed E-state index contributed by atoms with van der Waals surface area (Å²) in [6.45, 7) is 2.15. The van der Waals surface area contributed by atoms with Crippen LogP contribution >= 0.6 is 0 Å². The maximum absolute atomic E-state index is 13.0. The van der Waals surface area contributed by atoms with Crippen molar-refractivity contribution >= 4 is 11.6 Å². The fourth-order valence-corrected chi connectivity index (χ4v) is 2.60. The van der Waals surface area contributed by atoms with Gasteiger partial charge in [-0.15, -0.1) is 0 Å². The van der Waals surface area contributed by atoms with Crippen LogP contribution in [0, 0.1) is 0 Å². The molecule has 2 aromatic rings. The molecule has 0 N–H and O–H groups in total. The fourth-order valence-electron chi connectivity index (χ4n) is 2.60.